The van der Waals surface area contributed by atoms with E-state index in [1.54, 1.807) is 13.8 Å². The molecule has 0 aliphatic carbocycles. The SMILES string of the molecule is Cc1cccc(C)[n+]1CCS(=O)(=O)OC(C)C.[Cl-]. The lowest BCUT2D eigenvalue weighted by molar-refractivity contribution is -0.704. The second kappa shape index (κ2) is 7.07. The summed E-state index contributed by atoms with van der Waals surface area (Å²) in [6.45, 7) is 7.77. The zero-order valence-electron chi connectivity index (χ0n) is 11.2. The Kier molecular flexibility index (Phi) is 6.81. The highest BCUT2D eigenvalue weighted by Crippen LogP contribution is 2.00. The molecule has 0 atom stereocenters. The monoisotopic (exact) mass is 293 g/mol. The number of halogens is 1. The molecule has 0 spiro atoms. The van der Waals surface area contributed by atoms with E-state index in [-0.39, 0.29) is 24.3 Å². The van der Waals surface area contributed by atoms with Crippen LogP contribution in [0.5, 0.6) is 0 Å². The van der Waals surface area contributed by atoms with E-state index in [1.165, 1.54) is 0 Å². The minimum atomic E-state index is -3.43. The predicted molar refractivity (Wildman–Crippen MR) is 66.1 cm³/mol. The third-order valence-corrected chi connectivity index (χ3v) is 3.79. The summed E-state index contributed by atoms with van der Waals surface area (Å²) in [5.74, 6) is 0.00153. The Hall–Kier alpha value is -0.650. The van der Waals surface area contributed by atoms with Gasteiger partial charge in [0.2, 0.25) is 0 Å². The minimum Gasteiger partial charge on any atom is -1.00 e. The molecule has 1 heterocycles. The van der Waals surface area contributed by atoms with Gasteiger partial charge < -0.3 is 12.4 Å². The van der Waals surface area contributed by atoms with E-state index in [1.807, 2.05) is 36.6 Å². The zero-order chi connectivity index (χ0) is 13.1. The van der Waals surface area contributed by atoms with Crippen LogP contribution in [-0.4, -0.2) is 20.3 Å². The van der Waals surface area contributed by atoms with Gasteiger partial charge in [-0.3, -0.25) is 4.18 Å². The third-order valence-electron chi connectivity index (χ3n) is 2.43. The molecule has 1 aromatic heterocycles. The molecule has 4 nitrogen and oxygen atoms in total. The largest absolute Gasteiger partial charge is 1.00 e. The van der Waals surface area contributed by atoms with Crippen LogP contribution in [0.15, 0.2) is 18.2 Å². The highest BCUT2D eigenvalue weighted by atomic mass is 35.5. The Labute approximate surface area is 116 Å². The predicted octanol–water partition coefficient (Wildman–Crippen LogP) is -1.65. The van der Waals surface area contributed by atoms with E-state index >= 15 is 0 Å². The van der Waals surface area contributed by atoms with Crippen LogP contribution in [0.2, 0.25) is 0 Å². The molecule has 104 valence electrons. The summed E-state index contributed by atoms with van der Waals surface area (Å²) in [4.78, 5) is 0. The van der Waals surface area contributed by atoms with Crippen molar-refractivity contribution < 1.29 is 29.6 Å². The topological polar surface area (TPSA) is 47.2 Å². The van der Waals surface area contributed by atoms with Crippen LogP contribution in [-0.2, 0) is 20.8 Å². The molecule has 0 amide bonds. The van der Waals surface area contributed by atoms with Crippen LogP contribution >= 0.6 is 0 Å². The second-order valence-electron chi connectivity index (χ2n) is 4.37. The first-order chi connectivity index (χ1) is 7.82. The molecule has 6 heteroatoms. The van der Waals surface area contributed by atoms with E-state index in [4.69, 9.17) is 4.18 Å². The summed E-state index contributed by atoms with van der Waals surface area (Å²) in [6, 6.07) is 5.88. The highest BCUT2D eigenvalue weighted by molar-refractivity contribution is 7.86. The van der Waals surface area contributed by atoms with Crippen molar-refractivity contribution in [1.29, 1.82) is 0 Å². The molecular formula is C12H20ClNO3S. The zero-order valence-corrected chi connectivity index (χ0v) is 12.8. The maximum absolute atomic E-state index is 11.6. The quantitative estimate of drug-likeness (QED) is 0.483. The Morgan fingerprint density at radius 2 is 1.72 bits per heavy atom. The molecule has 1 rings (SSSR count). The van der Waals surface area contributed by atoms with E-state index in [9.17, 15) is 8.42 Å². The third kappa shape index (κ3) is 5.33. The van der Waals surface area contributed by atoms with Crippen LogP contribution in [0, 0.1) is 13.8 Å². The number of hydrogen-bond acceptors (Lipinski definition) is 3. The summed E-state index contributed by atoms with van der Waals surface area (Å²) in [5.41, 5.74) is 2.09. The molecule has 0 N–H and O–H groups in total. The van der Waals surface area contributed by atoms with Crippen LogP contribution in [0.25, 0.3) is 0 Å². The fourth-order valence-electron chi connectivity index (χ4n) is 1.68. The van der Waals surface area contributed by atoms with Crippen molar-refractivity contribution in [2.45, 2.75) is 40.3 Å². The maximum atomic E-state index is 11.6. The Morgan fingerprint density at radius 3 is 2.17 bits per heavy atom. The van der Waals surface area contributed by atoms with Crippen molar-refractivity contribution in [3.05, 3.63) is 29.6 Å². The smallest absolute Gasteiger partial charge is 0.273 e. The Balaban J connectivity index is 0.00000289. The average Bonchev–Trinajstić information content (AvgIpc) is 2.14. The summed E-state index contributed by atoms with van der Waals surface area (Å²) in [5, 5.41) is 0. The van der Waals surface area contributed by atoms with Crippen LogP contribution < -0.4 is 17.0 Å². The molecule has 0 aromatic carbocycles. The van der Waals surface area contributed by atoms with Crippen LogP contribution in [0.4, 0.5) is 0 Å². The summed E-state index contributed by atoms with van der Waals surface area (Å²) in [6.07, 6.45) is -0.303. The van der Waals surface area contributed by atoms with Crippen molar-refractivity contribution in [2.75, 3.05) is 5.75 Å². The average molecular weight is 294 g/mol. The van der Waals surface area contributed by atoms with Gasteiger partial charge >= 0.3 is 0 Å². The molecule has 1 aromatic rings. The van der Waals surface area contributed by atoms with Crippen molar-refractivity contribution in [2.24, 2.45) is 0 Å². The fourth-order valence-corrected chi connectivity index (χ4v) is 2.77. The first kappa shape index (κ1) is 17.4. The number of nitrogens with zero attached hydrogens (tertiary/aromatic N) is 1. The molecule has 0 bridgehead atoms. The lowest BCUT2D eigenvalue weighted by Gasteiger charge is -2.08. The summed E-state index contributed by atoms with van der Waals surface area (Å²) >= 11 is 0. The molecular weight excluding hydrogens is 274 g/mol. The molecule has 0 unspecified atom stereocenters. The molecule has 0 aliphatic heterocycles. The lowest BCUT2D eigenvalue weighted by atomic mass is 10.3. The van der Waals surface area contributed by atoms with Gasteiger partial charge in [-0.15, -0.1) is 0 Å². The van der Waals surface area contributed by atoms with Gasteiger partial charge in [0, 0.05) is 26.0 Å². The highest BCUT2D eigenvalue weighted by Gasteiger charge is 2.18. The first-order valence-electron chi connectivity index (χ1n) is 5.69. The minimum absolute atomic E-state index is 0. The first-order valence-corrected chi connectivity index (χ1v) is 7.26. The fraction of sp³-hybridized carbons (Fsp3) is 0.583. The number of aromatic nitrogens is 1. The van der Waals surface area contributed by atoms with Crippen molar-refractivity contribution >= 4 is 10.1 Å². The molecule has 0 aliphatic rings. The van der Waals surface area contributed by atoms with E-state index < -0.39 is 10.1 Å². The standard InChI is InChI=1S/C12H20NO3S.ClH/c1-10(2)16-17(14,15)9-8-13-11(3)6-5-7-12(13)4;/h5-7,10H,8-9H2,1-4H3;1H/q+1;/p-1. The van der Waals surface area contributed by atoms with Gasteiger partial charge in [-0.2, -0.15) is 13.0 Å². The van der Waals surface area contributed by atoms with E-state index in [0.717, 1.165) is 11.4 Å². The lowest BCUT2D eigenvalue weighted by Crippen LogP contribution is -3.00. The van der Waals surface area contributed by atoms with Gasteiger partial charge in [-0.1, -0.05) is 0 Å². The number of hydrogen-bond donors (Lipinski definition) is 0. The normalized spacial score (nSPS) is 11.4. The molecule has 18 heavy (non-hydrogen) atoms. The van der Waals surface area contributed by atoms with Gasteiger partial charge in [0.25, 0.3) is 10.1 Å². The number of rotatable bonds is 5. The number of pyridine rings is 1. The second-order valence-corrected chi connectivity index (χ2v) is 6.08. The van der Waals surface area contributed by atoms with Gasteiger partial charge in [0.1, 0.15) is 5.75 Å². The van der Waals surface area contributed by atoms with Crippen molar-refractivity contribution in [1.82, 2.24) is 0 Å². The van der Waals surface area contributed by atoms with E-state index in [0.29, 0.717) is 6.54 Å². The van der Waals surface area contributed by atoms with Crippen molar-refractivity contribution in [3.63, 3.8) is 0 Å². The Bertz CT molecular complexity index is 466. The number of aryl methyl sites for hydroxylation is 2. The summed E-state index contributed by atoms with van der Waals surface area (Å²) in [7, 11) is -3.43. The molecule has 0 saturated heterocycles. The summed E-state index contributed by atoms with van der Waals surface area (Å²) < 4.78 is 30.1. The van der Waals surface area contributed by atoms with Crippen molar-refractivity contribution in [3.8, 4) is 0 Å². The maximum Gasteiger partial charge on any atom is 0.273 e. The van der Waals surface area contributed by atoms with Crippen LogP contribution in [0.3, 0.4) is 0 Å². The molecule has 0 saturated carbocycles. The van der Waals surface area contributed by atoms with Gasteiger partial charge in [0.05, 0.1) is 6.10 Å². The van der Waals surface area contributed by atoms with E-state index in [2.05, 4.69) is 0 Å². The van der Waals surface area contributed by atoms with Gasteiger partial charge in [-0.05, 0) is 19.9 Å². The van der Waals surface area contributed by atoms with Gasteiger partial charge in [0.15, 0.2) is 17.9 Å². The Morgan fingerprint density at radius 1 is 1.22 bits per heavy atom. The molecule has 0 radical (unpaired) electrons. The van der Waals surface area contributed by atoms with Crippen LogP contribution in [0.1, 0.15) is 25.2 Å². The van der Waals surface area contributed by atoms with Gasteiger partial charge in [-0.25, -0.2) is 0 Å². The molecule has 0 fully saturated rings.